The molecule has 1 heterocycles. The number of nitrogens with zero attached hydrogens (tertiary/aromatic N) is 3. The Hall–Kier alpha value is -2.33. The number of para-hydroxylation sites is 1. The molecule has 10 heteroatoms. The lowest BCUT2D eigenvalue weighted by atomic mass is 9.91. The molecule has 33 heavy (non-hydrogen) atoms. The van der Waals surface area contributed by atoms with Gasteiger partial charge in [0.15, 0.2) is 5.37 Å². The topological polar surface area (TPSA) is 101 Å². The number of sulfonamides is 1. The summed E-state index contributed by atoms with van der Waals surface area (Å²) in [6.07, 6.45) is 3.80. The van der Waals surface area contributed by atoms with Crippen molar-refractivity contribution in [3.8, 4) is 5.75 Å². The number of carbonyl (C=O) groups is 1. The lowest BCUT2D eigenvalue weighted by Crippen LogP contribution is -2.50. The van der Waals surface area contributed by atoms with Crippen LogP contribution < -0.4 is 10.1 Å². The lowest BCUT2D eigenvalue weighted by molar-refractivity contribution is 0.0484. The van der Waals surface area contributed by atoms with E-state index in [0.29, 0.717) is 38.0 Å². The highest BCUT2D eigenvalue weighted by Crippen LogP contribution is 2.28. The molecule has 2 aliphatic rings. The maximum Gasteiger partial charge on any atom is 0.407 e. The lowest BCUT2D eigenvalue weighted by Gasteiger charge is -2.37. The smallest absolute Gasteiger partial charge is 0.407 e. The molecule has 0 radical (unpaired) electrons. The van der Waals surface area contributed by atoms with E-state index >= 15 is 0 Å². The summed E-state index contributed by atoms with van der Waals surface area (Å²) in [5.74, 6) is 0.707. The second-order valence-corrected chi connectivity index (χ2v) is 11.7. The molecule has 3 rings (SSSR count). The van der Waals surface area contributed by atoms with E-state index in [-0.39, 0.29) is 25.2 Å². The van der Waals surface area contributed by atoms with Gasteiger partial charge >= 0.3 is 6.09 Å². The highest BCUT2D eigenvalue weighted by Gasteiger charge is 2.40. The van der Waals surface area contributed by atoms with Crippen LogP contribution in [0.5, 0.6) is 5.75 Å². The monoisotopic (exact) mass is 480 g/mol. The van der Waals surface area contributed by atoms with Gasteiger partial charge in [-0.05, 0) is 58.6 Å². The molecule has 1 amide bonds. The van der Waals surface area contributed by atoms with E-state index in [1.807, 2.05) is 58.2 Å². The van der Waals surface area contributed by atoms with Gasteiger partial charge in [0.25, 0.3) is 0 Å². The van der Waals surface area contributed by atoms with Crippen LogP contribution in [0.15, 0.2) is 35.3 Å². The van der Waals surface area contributed by atoms with Gasteiger partial charge in [-0.25, -0.2) is 13.2 Å². The number of likely N-dealkylation sites (N-methyl/N-ethyl adjacent to an activating group) is 1. The standard InChI is InChI=1S/C23H36N4O5S/c1-23(2,3)32-22(28)25-18-10-12-19(13-11-18)27(14-15-31-20-8-6-5-7-9-20)33(29,30)21-16-26(4)17-24-21/h5-9,17-19,21H,10-16H2,1-4H3,(H,25,28)/t18-,19+,21?. The molecule has 1 fully saturated rings. The number of alkyl carbamates (subject to hydrolysis) is 1. The zero-order valence-corrected chi connectivity index (χ0v) is 20.8. The molecule has 1 aromatic carbocycles. The van der Waals surface area contributed by atoms with Crippen LogP contribution in [0.2, 0.25) is 0 Å². The Bertz CT molecular complexity index is 909. The van der Waals surface area contributed by atoms with E-state index in [0.717, 1.165) is 0 Å². The molecule has 1 aliphatic heterocycles. The molecule has 1 N–H and O–H groups in total. The van der Waals surface area contributed by atoms with Crippen molar-refractivity contribution in [1.82, 2.24) is 14.5 Å². The van der Waals surface area contributed by atoms with Gasteiger partial charge < -0.3 is 19.7 Å². The Balaban J connectivity index is 1.63. The minimum absolute atomic E-state index is 0.0307. The number of amides is 1. The SMILES string of the molecule is CN1C=NC(S(=O)(=O)N(CCOc2ccccc2)[C@H]2CC[C@@H](NC(=O)OC(C)(C)C)CC2)C1. The minimum atomic E-state index is -3.65. The van der Waals surface area contributed by atoms with Crippen LogP contribution in [0.4, 0.5) is 4.79 Å². The van der Waals surface area contributed by atoms with Crippen LogP contribution in [-0.2, 0) is 14.8 Å². The number of hydrogen-bond donors (Lipinski definition) is 1. The first kappa shape index (κ1) is 25.3. The van der Waals surface area contributed by atoms with Crippen molar-refractivity contribution in [1.29, 1.82) is 0 Å². The highest BCUT2D eigenvalue weighted by atomic mass is 32.2. The van der Waals surface area contributed by atoms with E-state index < -0.39 is 27.1 Å². The van der Waals surface area contributed by atoms with Crippen LogP contribution in [-0.4, -0.2) is 79.9 Å². The molecule has 1 aromatic rings. The summed E-state index contributed by atoms with van der Waals surface area (Å²) in [6, 6.07) is 9.18. The average molecular weight is 481 g/mol. The van der Waals surface area contributed by atoms with E-state index in [2.05, 4.69) is 10.3 Å². The van der Waals surface area contributed by atoms with Crippen LogP contribution in [0.25, 0.3) is 0 Å². The Morgan fingerprint density at radius 3 is 2.42 bits per heavy atom. The van der Waals surface area contributed by atoms with E-state index in [1.54, 1.807) is 15.5 Å². The Kier molecular flexibility index (Phi) is 8.23. The summed E-state index contributed by atoms with van der Waals surface area (Å²) in [5, 5.41) is 2.11. The van der Waals surface area contributed by atoms with Crippen LogP contribution in [0.3, 0.4) is 0 Å². The summed E-state index contributed by atoms with van der Waals surface area (Å²) in [4.78, 5) is 18.1. The third-order valence-corrected chi connectivity index (χ3v) is 7.79. The number of ether oxygens (including phenoxy) is 2. The van der Waals surface area contributed by atoms with Crippen molar-refractivity contribution >= 4 is 22.5 Å². The number of aliphatic imine (C=N–C) groups is 1. The van der Waals surface area contributed by atoms with Gasteiger partial charge in [0.05, 0.1) is 12.9 Å². The maximum absolute atomic E-state index is 13.5. The van der Waals surface area contributed by atoms with E-state index in [9.17, 15) is 13.2 Å². The third-order valence-electron chi connectivity index (χ3n) is 5.69. The van der Waals surface area contributed by atoms with E-state index in [4.69, 9.17) is 9.47 Å². The molecule has 1 saturated carbocycles. The van der Waals surface area contributed by atoms with Gasteiger partial charge in [0, 0.05) is 25.7 Å². The number of carbonyl (C=O) groups excluding carboxylic acids is 1. The normalized spacial score (nSPS) is 23.5. The van der Waals surface area contributed by atoms with Crippen molar-refractivity contribution in [3.05, 3.63) is 30.3 Å². The Labute approximate surface area is 197 Å². The van der Waals surface area contributed by atoms with E-state index in [1.165, 1.54) is 0 Å². The second kappa shape index (κ2) is 10.7. The highest BCUT2D eigenvalue weighted by molar-refractivity contribution is 7.89. The van der Waals surface area contributed by atoms with Gasteiger partial charge in [-0.2, -0.15) is 4.31 Å². The number of nitrogens with one attached hydrogen (secondary N) is 1. The summed E-state index contributed by atoms with van der Waals surface area (Å²) in [6.45, 7) is 6.33. The molecule has 0 bridgehead atoms. The van der Waals surface area contributed by atoms with Gasteiger partial charge in [0.2, 0.25) is 10.0 Å². The molecule has 0 saturated heterocycles. The fraction of sp³-hybridized carbons (Fsp3) is 0.652. The molecule has 1 aliphatic carbocycles. The van der Waals surface area contributed by atoms with Crippen molar-refractivity contribution in [3.63, 3.8) is 0 Å². The molecular weight excluding hydrogens is 444 g/mol. The minimum Gasteiger partial charge on any atom is -0.492 e. The summed E-state index contributed by atoms with van der Waals surface area (Å²) in [5.41, 5.74) is -0.556. The zero-order valence-electron chi connectivity index (χ0n) is 19.9. The number of hydrogen-bond acceptors (Lipinski definition) is 7. The predicted octanol–water partition coefficient (Wildman–Crippen LogP) is 2.83. The summed E-state index contributed by atoms with van der Waals surface area (Å²) in [7, 11) is -1.84. The van der Waals surface area contributed by atoms with Crippen molar-refractivity contribution < 1.29 is 22.7 Å². The first-order chi connectivity index (χ1) is 15.5. The molecule has 1 atom stereocenters. The van der Waals surface area contributed by atoms with Crippen LogP contribution >= 0.6 is 0 Å². The molecule has 0 spiro atoms. The van der Waals surface area contributed by atoms with Crippen LogP contribution in [0, 0.1) is 0 Å². The second-order valence-electron chi connectivity index (χ2n) is 9.63. The predicted molar refractivity (Wildman–Crippen MR) is 128 cm³/mol. The first-order valence-corrected chi connectivity index (χ1v) is 13.0. The molecule has 0 aromatic heterocycles. The molecule has 184 valence electrons. The van der Waals surface area contributed by atoms with Crippen molar-refractivity contribution in [2.24, 2.45) is 4.99 Å². The maximum atomic E-state index is 13.5. The largest absolute Gasteiger partial charge is 0.492 e. The fourth-order valence-electron chi connectivity index (χ4n) is 4.13. The molecule has 1 unspecified atom stereocenters. The number of benzene rings is 1. The fourth-order valence-corrected chi connectivity index (χ4v) is 6.03. The van der Waals surface area contributed by atoms with Gasteiger partial charge in [0.1, 0.15) is 18.0 Å². The van der Waals surface area contributed by atoms with Crippen LogP contribution in [0.1, 0.15) is 46.5 Å². The van der Waals surface area contributed by atoms with Gasteiger partial charge in [-0.3, -0.25) is 4.99 Å². The molecule has 9 nitrogen and oxygen atoms in total. The first-order valence-electron chi connectivity index (χ1n) is 11.5. The van der Waals surface area contributed by atoms with Crippen molar-refractivity contribution in [2.75, 3.05) is 26.7 Å². The zero-order chi connectivity index (χ0) is 24.1. The Morgan fingerprint density at radius 1 is 1.18 bits per heavy atom. The van der Waals surface area contributed by atoms with Gasteiger partial charge in [-0.1, -0.05) is 18.2 Å². The summed E-state index contributed by atoms with van der Waals surface area (Å²) < 4.78 is 39.7. The average Bonchev–Trinajstić information content (AvgIpc) is 3.18. The third kappa shape index (κ3) is 7.33. The van der Waals surface area contributed by atoms with Crippen molar-refractivity contribution in [2.45, 2.75) is 69.5 Å². The Morgan fingerprint density at radius 2 is 1.85 bits per heavy atom. The molecular formula is C23H36N4O5S. The quantitative estimate of drug-likeness (QED) is 0.614. The number of rotatable bonds is 8. The van der Waals surface area contributed by atoms with Gasteiger partial charge in [-0.15, -0.1) is 0 Å². The summed E-state index contributed by atoms with van der Waals surface area (Å²) >= 11 is 0.